The summed E-state index contributed by atoms with van der Waals surface area (Å²) in [5.74, 6) is 0.639. The summed E-state index contributed by atoms with van der Waals surface area (Å²) < 4.78 is 40.1. The van der Waals surface area contributed by atoms with Crippen molar-refractivity contribution in [3.63, 3.8) is 0 Å². The first-order chi connectivity index (χ1) is 21.0. The van der Waals surface area contributed by atoms with E-state index in [0.717, 1.165) is 36.0 Å². The van der Waals surface area contributed by atoms with Gasteiger partial charge in [0.15, 0.2) is 23.0 Å². The zero-order chi connectivity index (χ0) is 30.3. The summed E-state index contributed by atoms with van der Waals surface area (Å²) in [4.78, 5) is 26.5. The third kappa shape index (κ3) is 6.50. The van der Waals surface area contributed by atoms with E-state index in [9.17, 15) is 9.59 Å². The standard InChI is InChI=1S/C34H44O9/c1-5-6-7-8-9-10-11-12-13-14-29(35)43-32-23-18-26-25(41-20-42-26)17-22(23)30(31-24(32)19-40-34(31)36)21-15-27(37-2)33(39-4)28(16-21)38-3/h15-18,24,30-32H,5-14,19-20H2,1-4H3/t24-,30+,31-,32-/m0/s1. The normalized spacial score (nSPS) is 21.5. The summed E-state index contributed by atoms with van der Waals surface area (Å²) in [5, 5.41) is 0. The van der Waals surface area contributed by atoms with Crippen LogP contribution >= 0.6 is 0 Å². The number of hydrogen-bond donors (Lipinski definition) is 0. The molecule has 1 fully saturated rings. The number of fused-ring (bicyclic) bond motifs is 3. The molecule has 9 heteroatoms. The second-order valence-corrected chi connectivity index (χ2v) is 11.6. The molecule has 5 rings (SSSR count). The molecule has 0 radical (unpaired) electrons. The summed E-state index contributed by atoms with van der Waals surface area (Å²) in [5.41, 5.74) is 2.41. The lowest BCUT2D eigenvalue weighted by Crippen LogP contribution is -2.36. The van der Waals surface area contributed by atoms with Gasteiger partial charge in [-0.05, 0) is 41.8 Å². The topological polar surface area (TPSA) is 98.8 Å². The van der Waals surface area contributed by atoms with Crippen LogP contribution in [0.25, 0.3) is 0 Å². The predicted molar refractivity (Wildman–Crippen MR) is 159 cm³/mol. The zero-order valence-electron chi connectivity index (χ0n) is 25.8. The van der Waals surface area contributed by atoms with Gasteiger partial charge in [-0.2, -0.15) is 0 Å². The Morgan fingerprint density at radius 3 is 2.00 bits per heavy atom. The maximum atomic E-state index is 13.3. The molecule has 0 saturated carbocycles. The molecular formula is C34H44O9. The molecule has 3 aliphatic rings. The summed E-state index contributed by atoms with van der Waals surface area (Å²) >= 11 is 0. The number of hydrogen-bond acceptors (Lipinski definition) is 9. The molecule has 0 unspecified atom stereocenters. The molecule has 4 atom stereocenters. The van der Waals surface area contributed by atoms with Crippen molar-refractivity contribution in [1.82, 2.24) is 0 Å². The second kappa shape index (κ2) is 14.2. The minimum Gasteiger partial charge on any atom is -0.493 e. The van der Waals surface area contributed by atoms with Crippen LogP contribution in [-0.4, -0.2) is 46.7 Å². The smallest absolute Gasteiger partial charge is 0.310 e. The number of unbranched alkanes of at least 4 members (excludes halogenated alkanes) is 8. The Morgan fingerprint density at radius 1 is 0.791 bits per heavy atom. The number of methoxy groups -OCH3 is 3. The lowest BCUT2D eigenvalue weighted by Gasteiger charge is -2.38. The first-order valence-corrected chi connectivity index (χ1v) is 15.6. The van der Waals surface area contributed by atoms with Crippen molar-refractivity contribution in [2.75, 3.05) is 34.7 Å². The van der Waals surface area contributed by atoms with Crippen LogP contribution in [0.1, 0.15) is 99.8 Å². The van der Waals surface area contributed by atoms with Gasteiger partial charge in [-0.15, -0.1) is 0 Å². The van der Waals surface area contributed by atoms with E-state index in [2.05, 4.69) is 6.92 Å². The van der Waals surface area contributed by atoms with Crippen molar-refractivity contribution >= 4 is 11.9 Å². The van der Waals surface area contributed by atoms with Crippen molar-refractivity contribution in [1.29, 1.82) is 0 Å². The summed E-state index contributed by atoms with van der Waals surface area (Å²) in [6.45, 7) is 2.49. The SMILES string of the molecule is CCCCCCCCCCCC(=O)O[C@H]1c2cc3c(cc2[C@@H](c2cc(OC)c(OC)c(OC)c2)[C@H]2C(=O)OC[C@@H]21)OCO3. The predicted octanol–water partition coefficient (Wildman–Crippen LogP) is 6.88. The summed E-state index contributed by atoms with van der Waals surface area (Å²) in [6, 6.07) is 7.51. The number of carbonyl (C=O) groups excluding carboxylic acids is 2. The highest BCUT2D eigenvalue weighted by molar-refractivity contribution is 5.79. The number of ether oxygens (including phenoxy) is 7. The number of esters is 2. The fourth-order valence-corrected chi connectivity index (χ4v) is 6.72. The molecule has 1 saturated heterocycles. The summed E-state index contributed by atoms with van der Waals surface area (Å²) in [7, 11) is 4.67. The largest absolute Gasteiger partial charge is 0.493 e. The van der Waals surface area contributed by atoms with E-state index in [1.54, 1.807) is 21.3 Å². The van der Waals surface area contributed by atoms with Gasteiger partial charge in [-0.25, -0.2) is 0 Å². The van der Waals surface area contributed by atoms with Gasteiger partial charge in [-0.1, -0.05) is 58.3 Å². The molecule has 2 aromatic carbocycles. The lowest BCUT2D eigenvalue weighted by molar-refractivity contribution is -0.154. The molecule has 1 aliphatic carbocycles. The van der Waals surface area contributed by atoms with Crippen molar-refractivity contribution in [3.05, 3.63) is 41.0 Å². The van der Waals surface area contributed by atoms with E-state index in [1.165, 1.54) is 38.5 Å². The van der Waals surface area contributed by atoms with Crippen molar-refractivity contribution in [3.8, 4) is 28.7 Å². The van der Waals surface area contributed by atoms with E-state index in [4.69, 9.17) is 33.2 Å². The van der Waals surface area contributed by atoms with Gasteiger partial charge in [-0.3, -0.25) is 9.59 Å². The van der Waals surface area contributed by atoms with Gasteiger partial charge in [0.1, 0.15) is 6.10 Å². The Labute approximate surface area is 254 Å². The van der Waals surface area contributed by atoms with Crippen LogP contribution in [0.5, 0.6) is 28.7 Å². The van der Waals surface area contributed by atoms with E-state index < -0.39 is 17.9 Å². The fourth-order valence-electron chi connectivity index (χ4n) is 6.72. The van der Waals surface area contributed by atoms with Crippen LogP contribution in [-0.2, 0) is 19.1 Å². The average Bonchev–Trinajstić information content (AvgIpc) is 3.64. The molecule has 0 N–H and O–H groups in total. The minimum absolute atomic E-state index is 0.102. The number of benzene rings is 2. The maximum absolute atomic E-state index is 13.3. The molecule has 0 aromatic heterocycles. The first kappa shape index (κ1) is 30.8. The fraction of sp³-hybridized carbons (Fsp3) is 0.588. The Kier molecular flexibility index (Phi) is 10.2. The maximum Gasteiger partial charge on any atom is 0.310 e. The molecule has 2 aliphatic heterocycles. The lowest BCUT2D eigenvalue weighted by atomic mass is 9.66. The quantitative estimate of drug-likeness (QED) is 0.161. The molecular weight excluding hydrogens is 552 g/mol. The minimum atomic E-state index is -0.648. The number of cyclic esters (lactones) is 1. The Hall–Kier alpha value is -3.62. The third-order valence-electron chi connectivity index (χ3n) is 8.91. The van der Waals surface area contributed by atoms with Crippen LogP contribution in [0.4, 0.5) is 0 Å². The Bertz CT molecular complexity index is 1260. The second-order valence-electron chi connectivity index (χ2n) is 11.6. The molecule has 2 aromatic rings. The molecule has 43 heavy (non-hydrogen) atoms. The van der Waals surface area contributed by atoms with Gasteiger partial charge >= 0.3 is 11.9 Å². The number of rotatable bonds is 15. The van der Waals surface area contributed by atoms with Crippen molar-refractivity contribution in [2.45, 2.75) is 83.2 Å². The highest BCUT2D eigenvalue weighted by Gasteiger charge is 2.54. The molecule has 9 nitrogen and oxygen atoms in total. The van der Waals surface area contributed by atoms with Crippen LogP contribution in [0.2, 0.25) is 0 Å². The van der Waals surface area contributed by atoms with Crippen LogP contribution in [0, 0.1) is 11.8 Å². The van der Waals surface area contributed by atoms with Crippen LogP contribution < -0.4 is 23.7 Å². The van der Waals surface area contributed by atoms with Gasteiger partial charge in [0.25, 0.3) is 0 Å². The van der Waals surface area contributed by atoms with Crippen LogP contribution in [0.15, 0.2) is 24.3 Å². The van der Waals surface area contributed by atoms with E-state index in [-0.39, 0.29) is 31.3 Å². The molecule has 0 spiro atoms. The van der Waals surface area contributed by atoms with E-state index in [0.29, 0.717) is 35.2 Å². The number of carbonyl (C=O) groups is 2. The Balaban J connectivity index is 1.39. The van der Waals surface area contributed by atoms with Gasteiger partial charge in [0.05, 0.1) is 33.9 Å². The molecule has 0 amide bonds. The molecule has 0 bridgehead atoms. The molecule has 2 heterocycles. The monoisotopic (exact) mass is 596 g/mol. The first-order valence-electron chi connectivity index (χ1n) is 15.6. The van der Waals surface area contributed by atoms with E-state index >= 15 is 0 Å². The Morgan fingerprint density at radius 2 is 1.40 bits per heavy atom. The van der Waals surface area contributed by atoms with Crippen molar-refractivity contribution in [2.24, 2.45) is 11.8 Å². The molecule has 234 valence electrons. The van der Waals surface area contributed by atoms with Crippen LogP contribution in [0.3, 0.4) is 0 Å². The van der Waals surface area contributed by atoms with Gasteiger partial charge in [0, 0.05) is 23.8 Å². The highest BCUT2D eigenvalue weighted by atomic mass is 16.7. The van der Waals surface area contributed by atoms with E-state index in [1.807, 2.05) is 24.3 Å². The highest BCUT2D eigenvalue weighted by Crippen LogP contribution is 2.56. The third-order valence-corrected chi connectivity index (χ3v) is 8.91. The van der Waals surface area contributed by atoms with Gasteiger partial charge < -0.3 is 33.2 Å². The average molecular weight is 597 g/mol. The van der Waals surface area contributed by atoms with Gasteiger partial charge in [0.2, 0.25) is 12.5 Å². The zero-order valence-corrected chi connectivity index (χ0v) is 25.8. The summed E-state index contributed by atoms with van der Waals surface area (Å²) in [6.07, 6.45) is 10.2. The van der Waals surface area contributed by atoms with Crippen molar-refractivity contribution < 1.29 is 42.7 Å².